The molecule has 2 nitrogen and oxygen atoms in total. The summed E-state index contributed by atoms with van der Waals surface area (Å²) in [4.78, 5) is 12.0. The first-order valence-corrected chi connectivity index (χ1v) is 7.65. The summed E-state index contributed by atoms with van der Waals surface area (Å²) in [6, 6.07) is 17.4. The summed E-state index contributed by atoms with van der Waals surface area (Å²) >= 11 is 9.61. The minimum atomic E-state index is -0.0292. The molecule has 1 atom stereocenters. The predicted octanol–water partition coefficient (Wildman–Crippen LogP) is 4.13. The lowest BCUT2D eigenvalue weighted by atomic mass is 10.1. The van der Waals surface area contributed by atoms with Crippen LogP contribution in [-0.2, 0) is 11.2 Å². The van der Waals surface area contributed by atoms with E-state index < -0.39 is 0 Å². The molecule has 2 aromatic carbocycles. The Morgan fingerprint density at radius 1 is 1.10 bits per heavy atom. The molecule has 1 amide bonds. The minimum Gasteiger partial charge on any atom is -0.354 e. The number of benzene rings is 2. The fourth-order valence-electron chi connectivity index (χ4n) is 1.86. The van der Waals surface area contributed by atoms with Crippen molar-refractivity contribution in [2.45, 2.75) is 11.2 Å². The molecule has 0 aliphatic heterocycles. The maximum Gasteiger partial charge on any atom is 0.224 e. The van der Waals surface area contributed by atoms with E-state index in [0.29, 0.717) is 18.0 Å². The van der Waals surface area contributed by atoms with Crippen LogP contribution in [0.2, 0.25) is 5.02 Å². The number of rotatable bonds is 5. The van der Waals surface area contributed by atoms with Gasteiger partial charge in [0.25, 0.3) is 0 Å². The summed E-state index contributed by atoms with van der Waals surface area (Å²) < 4.78 is 0. The molecule has 0 fully saturated rings. The first kappa shape index (κ1) is 15.1. The Balaban J connectivity index is 1.85. The monoisotopic (exact) mass is 351 g/mol. The topological polar surface area (TPSA) is 29.1 Å². The Kier molecular flexibility index (Phi) is 5.62. The molecule has 1 unspecified atom stereocenters. The van der Waals surface area contributed by atoms with Crippen LogP contribution < -0.4 is 5.32 Å². The lowest BCUT2D eigenvalue weighted by molar-refractivity contribution is -0.120. The second-order valence-electron chi connectivity index (χ2n) is 4.45. The molecule has 0 aliphatic rings. The average molecular weight is 353 g/mol. The third-order valence-electron chi connectivity index (χ3n) is 2.95. The predicted molar refractivity (Wildman–Crippen MR) is 86.3 cm³/mol. The van der Waals surface area contributed by atoms with Crippen LogP contribution in [0, 0.1) is 0 Å². The van der Waals surface area contributed by atoms with Gasteiger partial charge >= 0.3 is 0 Å². The molecule has 0 heterocycles. The van der Waals surface area contributed by atoms with Crippen LogP contribution in [0.3, 0.4) is 0 Å². The number of halogens is 2. The molecule has 2 aromatic rings. The zero-order chi connectivity index (χ0) is 14.4. The van der Waals surface area contributed by atoms with E-state index >= 15 is 0 Å². The number of hydrogen-bond donors (Lipinski definition) is 1. The molecule has 4 heteroatoms. The van der Waals surface area contributed by atoms with Gasteiger partial charge in [0.1, 0.15) is 0 Å². The molecule has 104 valence electrons. The molecule has 1 N–H and O–H groups in total. The molecule has 0 bridgehead atoms. The van der Waals surface area contributed by atoms with Crippen molar-refractivity contribution in [3.63, 3.8) is 0 Å². The molecular formula is C16H15BrClNO. The number of carbonyl (C=O) groups is 1. The van der Waals surface area contributed by atoms with Crippen molar-refractivity contribution in [1.29, 1.82) is 0 Å². The number of nitrogens with one attached hydrogen (secondary N) is 1. The third-order valence-corrected chi connectivity index (χ3v) is 4.17. The van der Waals surface area contributed by atoms with E-state index in [1.165, 1.54) is 0 Å². The first-order valence-electron chi connectivity index (χ1n) is 6.36. The van der Waals surface area contributed by atoms with E-state index in [4.69, 9.17) is 11.6 Å². The van der Waals surface area contributed by atoms with Crippen LogP contribution >= 0.6 is 27.5 Å². The van der Waals surface area contributed by atoms with Gasteiger partial charge in [0.2, 0.25) is 5.91 Å². The molecule has 2 rings (SSSR count). The molecule has 0 saturated carbocycles. The van der Waals surface area contributed by atoms with Crippen LogP contribution in [-0.4, -0.2) is 12.5 Å². The number of alkyl halides is 1. The van der Waals surface area contributed by atoms with Gasteiger partial charge in [0, 0.05) is 11.6 Å². The summed E-state index contributed by atoms with van der Waals surface area (Å²) in [5, 5.41) is 3.54. The van der Waals surface area contributed by atoms with E-state index in [2.05, 4.69) is 21.2 Å². The van der Waals surface area contributed by atoms with E-state index in [9.17, 15) is 4.79 Å². The quantitative estimate of drug-likeness (QED) is 0.805. The normalized spacial score (nSPS) is 11.9. The van der Waals surface area contributed by atoms with Gasteiger partial charge in [-0.05, 0) is 17.2 Å². The molecule has 20 heavy (non-hydrogen) atoms. The number of carbonyl (C=O) groups excluding carboxylic acids is 1. The van der Waals surface area contributed by atoms with Crippen LogP contribution in [0.25, 0.3) is 0 Å². The van der Waals surface area contributed by atoms with Crippen molar-refractivity contribution in [1.82, 2.24) is 5.32 Å². The summed E-state index contributed by atoms with van der Waals surface area (Å²) in [6.07, 6.45) is 0.300. The van der Waals surface area contributed by atoms with Crippen molar-refractivity contribution in [2.75, 3.05) is 6.54 Å². The molecule has 0 aromatic heterocycles. The lowest BCUT2D eigenvalue weighted by Gasteiger charge is -2.12. The van der Waals surface area contributed by atoms with Gasteiger partial charge in [-0.2, -0.15) is 0 Å². The standard InChI is InChI=1S/C16H15BrClNO/c17-14(12-6-2-1-3-7-12)11-19-16(20)10-13-8-4-5-9-15(13)18/h1-9,14H,10-11H2,(H,19,20). The van der Waals surface area contributed by atoms with Gasteiger partial charge in [-0.25, -0.2) is 0 Å². The zero-order valence-electron chi connectivity index (χ0n) is 10.9. The molecule has 0 saturated heterocycles. The Bertz CT molecular complexity index is 574. The van der Waals surface area contributed by atoms with Crippen LogP contribution in [0.1, 0.15) is 16.0 Å². The summed E-state index contributed by atoms with van der Waals surface area (Å²) in [6.45, 7) is 0.549. The van der Waals surface area contributed by atoms with E-state index in [-0.39, 0.29) is 10.7 Å². The Morgan fingerprint density at radius 2 is 1.75 bits per heavy atom. The van der Waals surface area contributed by atoms with Gasteiger partial charge in [-0.3, -0.25) is 4.79 Å². The maximum absolute atomic E-state index is 11.9. The van der Waals surface area contributed by atoms with Crippen LogP contribution in [0.5, 0.6) is 0 Å². The fraction of sp³-hybridized carbons (Fsp3) is 0.188. The maximum atomic E-state index is 11.9. The lowest BCUT2D eigenvalue weighted by Crippen LogP contribution is -2.28. The van der Waals surface area contributed by atoms with E-state index in [1.807, 2.05) is 48.5 Å². The van der Waals surface area contributed by atoms with Gasteiger partial charge in [0.15, 0.2) is 0 Å². The Morgan fingerprint density at radius 3 is 2.45 bits per heavy atom. The van der Waals surface area contributed by atoms with Gasteiger partial charge in [0.05, 0.1) is 11.2 Å². The molecule has 0 spiro atoms. The highest BCUT2D eigenvalue weighted by Crippen LogP contribution is 2.21. The third kappa shape index (κ3) is 4.36. The highest BCUT2D eigenvalue weighted by Gasteiger charge is 2.10. The van der Waals surface area contributed by atoms with Crippen molar-refractivity contribution in [3.8, 4) is 0 Å². The highest BCUT2D eigenvalue weighted by molar-refractivity contribution is 9.09. The largest absolute Gasteiger partial charge is 0.354 e. The molecule has 0 radical (unpaired) electrons. The Labute approximate surface area is 132 Å². The molecular weight excluding hydrogens is 338 g/mol. The number of amides is 1. The first-order chi connectivity index (χ1) is 9.66. The second kappa shape index (κ2) is 7.46. The van der Waals surface area contributed by atoms with Crippen LogP contribution in [0.15, 0.2) is 54.6 Å². The molecule has 0 aliphatic carbocycles. The van der Waals surface area contributed by atoms with Gasteiger partial charge < -0.3 is 5.32 Å². The van der Waals surface area contributed by atoms with Crippen molar-refractivity contribution < 1.29 is 4.79 Å². The van der Waals surface area contributed by atoms with Crippen molar-refractivity contribution >= 4 is 33.4 Å². The smallest absolute Gasteiger partial charge is 0.224 e. The fourth-order valence-corrected chi connectivity index (χ4v) is 2.53. The summed E-state index contributed by atoms with van der Waals surface area (Å²) in [5.74, 6) is -0.0292. The van der Waals surface area contributed by atoms with E-state index in [1.54, 1.807) is 6.07 Å². The highest BCUT2D eigenvalue weighted by atomic mass is 79.9. The average Bonchev–Trinajstić information content (AvgIpc) is 2.48. The number of hydrogen-bond acceptors (Lipinski definition) is 1. The summed E-state index contributed by atoms with van der Waals surface area (Å²) in [7, 11) is 0. The van der Waals surface area contributed by atoms with Crippen LogP contribution in [0.4, 0.5) is 0 Å². The zero-order valence-corrected chi connectivity index (χ0v) is 13.2. The summed E-state index contributed by atoms with van der Waals surface area (Å²) in [5.41, 5.74) is 1.99. The minimum absolute atomic E-state index is 0.0292. The van der Waals surface area contributed by atoms with E-state index in [0.717, 1.165) is 11.1 Å². The van der Waals surface area contributed by atoms with Crippen molar-refractivity contribution in [3.05, 3.63) is 70.7 Å². The van der Waals surface area contributed by atoms with Gasteiger partial charge in [-0.15, -0.1) is 0 Å². The van der Waals surface area contributed by atoms with Crippen molar-refractivity contribution in [2.24, 2.45) is 0 Å². The SMILES string of the molecule is O=C(Cc1ccccc1Cl)NCC(Br)c1ccccc1. The second-order valence-corrected chi connectivity index (χ2v) is 5.96. The van der Waals surface area contributed by atoms with Gasteiger partial charge in [-0.1, -0.05) is 76.1 Å². The Hall–Kier alpha value is -1.32.